The Morgan fingerprint density at radius 3 is 2.70 bits per heavy atom. The van der Waals surface area contributed by atoms with Gasteiger partial charge in [-0.15, -0.1) is 0 Å². The maximum Gasteiger partial charge on any atom is 0.223 e. The lowest BCUT2D eigenvalue weighted by Crippen LogP contribution is -2.40. The van der Waals surface area contributed by atoms with E-state index in [4.69, 9.17) is 0 Å². The van der Waals surface area contributed by atoms with Crippen molar-refractivity contribution in [1.29, 1.82) is 0 Å². The highest BCUT2D eigenvalue weighted by Gasteiger charge is 2.24. The zero-order chi connectivity index (χ0) is 14.4. The van der Waals surface area contributed by atoms with Crippen LogP contribution in [0.3, 0.4) is 0 Å². The summed E-state index contributed by atoms with van der Waals surface area (Å²) in [6, 6.07) is 6.90. The fourth-order valence-electron chi connectivity index (χ4n) is 2.61. The molecule has 1 aromatic rings. The maximum atomic E-state index is 13.6. The zero-order valence-electron chi connectivity index (χ0n) is 12.1. The van der Waals surface area contributed by atoms with E-state index in [0.29, 0.717) is 6.54 Å². The normalized spacial score (nSPS) is 17.1. The molecule has 0 unspecified atom stereocenters. The van der Waals surface area contributed by atoms with Crippen LogP contribution in [-0.4, -0.2) is 30.4 Å². The maximum absolute atomic E-state index is 13.6. The predicted molar refractivity (Wildman–Crippen MR) is 77.7 cm³/mol. The minimum atomic E-state index is -0.143. The van der Waals surface area contributed by atoms with Crippen molar-refractivity contribution < 1.29 is 9.18 Å². The van der Waals surface area contributed by atoms with Gasteiger partial charge in [-0.25, -0.2) is 4.39 Å². The molecule has 0 radical (unpaired) electrons. The van der Waals surface area contributed by atoms with E-state index in [1.54, 1.807) is 6.07 Å². The lowest BCUT2D eigenvalue weighted by molar-refractivity contribution is -0.126. The van der Waals surface area contributed by atoms with E-state index in [2.05, 4.69) is 17.1 Å². The summed E-state index contributed by atoms with van der Waals surface area (Å²) in [5.74, 6) is 0.158. The smallest absolute Gasteiger partial charge is 0.223 e. The first kappa shape index (κ1) is 15.0. The highest BCUT2D eigenvalue weighted by Crippen LogP contribution is 2.20. The second-order valence-electron chi connectivity index (χ2n) is 5.43. The van der Waals surface area contributed by atoms with Gasteiger partial charge in [0.15, 0.2) is 0 Å². The second-order valence-corrected chi connectivity index (χ2v) is 5.43. The van der Waals surface area contributed by atoms with Crippen LogP contribution >= 0.6 is 0 Å². The van der Waals surface area contributed by atoms with Crippen molar-refractivity contribution in [2.24, 2.45) is 5.92 Å². The van der Waals surface area contributed by atoms with Crippen LogP contribution in [0, 0.1) is 11.7 Å². The summed E-state index contributed by atoms with van der Waals surface area (Å²) in [4.78, 5) is 14.1. The first-order valence-corrected chi connectivity index (χ1v) is 7.44. The van der Waals surface area contributed by atoms with Crippen LogP contribution in [0.1, 0.15) is 31.7 Å². The highest BCUT2D eigenvalue weighted by atomic mass is 19.1. The van der Waals surface area contributed by atoms with E-state index in [1.165, 1.54) is 6.07 Å². The standard InChI is InChI=1S/C16H23FN2O/c1-2-9-18-16(20)13-7-10-19(11-8-13)12-14-5-3-4-6-15(14)17/h3-6,13H,2,7-12H2,1H3,(H,18,20). The van der Waals surface area contributed by atoms with Crippen LogP contribution in [-0.2, 0) is 11.3 Å². The number of halogens is 1. The molecule has 3 nitrogen and oxygen atoms in total. The van der Waals surface area contributed by atoms with Crippen LogP contribution < -0.4 is 5.32 Å². The molecule has 1 saturated heterocycles. The third-order valence-corrected chi connectivity index (χ3v) is 3.86. The number of carbonyl (C=O) groups excluding carboxylic acids is 1. The molecule has 110 valence electrons. The molecule has 0 atom stereocenters. The lowest BCUT2D eigenvalue weighted by Gasteiger charge is -2.31. The minimum Gasteiger partial charge on any atom is -0.356 e. The molecular weight excluding hydrogens is 255 g/mol. The van der Waals surface area contributed by atoms with Gasteiger partial charge in [-0.05, 0) is 38.4 Å². The molecule has 20 heavy (non-hydrogen) atoms. The number of nitrogens with one attached hydrogen (secondary N) is 1. The van der Waals surface area contributed by atoms with E-state index in [-0.39, 0.29) is 17.6 Å². The van der Waals surface area contributed by atoms with Crippen LogP contribution in [0.2, 0.25) is 0 Å². The van der Waals surface area contributed by atoms with Gasteiger partial charge in [-0.3, -0.25) is 9.69 Å². The van der Waals surface area contributed by atoms with Crippen molar-refractivity contribution in [2.45, 2.75) is 32.7 Å². The molecule has 2 rings (SSSR count). The summed E-state index contributed by atoms with van der Waals surface area (Å²) < 4.78 is 13.6. The molecule has 1 fully saturated rings. The molecule has 0 aliphatic carbocycles. The predicted octanol–water partition coefficient (Wildman–Crippen LogP) is 2.56. The molecule has 1 amide bonds. The molecule has 0 aromatic heterocycles. The average Bonchev–Trinajstić information content (AvgIpc) is 2.48. The van der Waals surface area contributed by atoms with Gasteiger partial charge in [0, 0.05) is 24.6 Å². The third kappa shape index (κ3) is 4.04. The number of piperidine rings is 1. The van der Waals surface area contributed by atoms with E-state index in [0.717, 1.165) is 44.5 Å². The Morgan fingerprint density at radius 1 is 1.35 bits per heavy atom. The first-order valence-electron chi connectivity index (χ1n) is 7.44. The van der Waals surface area contributed by atoms with Crippen molar-refractivity contribution in [3.05, 3.63) is 35.6 Å². The quantitative estimate of drug-likeness (QED) is 0.898. The summed E-state index contributed by atoms with van der Waals surface area (Å²) in [5, 5.41) is 2.96. The van der Waals surface area contributed by atoms with Gasteiger partial charge in [0.05, 0.1) is 0 Å². The van der Waals surface area contributed by atoms with Gasteiger partial charge >= 0.3 is 0 Å². The zero-order valence-corrected chi connectivity index (χ0v) is 12.1. The number of rotatable bonds is 5. The number of carbonyl (C=O) groups is 1. The van der Waals surface area contributed by atoms with Crippen molar-refractivity contribution in [2.75, 3.05) is 19.6 Å². The van der Waals surface area contributed by atoms with Crippen LogP contribution in [0.4, 0.5) is 4.39 Å². The summed E-state index contributed by atoms with van der Waals surface area (Å²) in [6.07, 6.45) is 2.70. The van der Waals surface area contributed by atoms with E-state index in [1.807, 2.05) is 12.1 Å². The SMILES string of the molecule is CCCNC(=O)C1CCN(Cc2ccccc2F)CC1. The highest BCUT2D eigenvalue weighted by molar-refractivity contribution is 5.78. The van der Waals surface area contributed by atoms with Gasteiger partial charge in [0.1, 0.15) is 5.82 Å². The number of hydrogen-bond donors (Lipinski definition) is 1. The van der Waals surface area contributed by atoms with E-state index < -0.39 is 0 Å². The molecule has 1 aliphatic heterocycles. The van der Waals surface area contributed by atoms with Gasteiger partial charge < -0.3 is 5.32 Å². The summed E-state index contributed by atoms with van der Waals surface area (Å²) in [7, 11) is 0. The number of likely N-dealkylation sites (tertiary alicyclic amines) is 1. The summed E-state index contributed by atoms with van der Waals surface area (Å²) >= 11 is 0. The monoisotopic (exact) mass is 278 g/mol. The lowest BCUT2D eigenvalue weighted by atomic mass is 9.95. The molecular formula is C16H23FN2O. The van der Waals surface area contributed by atoms with Crippen molar-refractivity contribution in [3.63, 3.8) is 0 Å². The Bertz CT molecular complexity index is 442. The minimum absolute atomic E-state index is 0.124. The van der Waals surface area contributed by atoms with E-state index in [9.17, 15) is 9.18 Å². The average molecular weight is 278 g/mol. The molecule has 0 bridgehead atoms. The summed E-state index contributed by atoms with van der Waals surface area (Å²) in [6.45, 7) is 5.17. The van der Waals surface area contributed by atoms with Crippen molar-refractivity contribution >= 4 is 5.91 Å². The fraction of sp³-hybridized carbons (Fsp3) is 0.562. The van der Waals surface area contributed by atoms with E-state index >= 15 is 0 Å². The van der Waals surface area contributed by atoms with Crippen molar-refractivity contribution in [1.82, 2.24) is 10.2 Å². The molecule has 1 aromatic carbocycles. The Balaban J connectivity index is 1.80. The number of nitrogens with zero attached hydrogens (tertiary/aromatic N) is 1. The van der Waals surface area contributed by atoms with Gasteiger partial charge in [0.25, 0.3) is 0 Å². The number of benzene rings is 1. The topological polar surface area (TPSA) is 32.3 Å². The first-order chi connectivity index (χ1) is 9.70. The Labute approximate surface area is 120 Å². The molecule has 1 heterocycles. The summed E-state index contributed by atoms with van der Waals surface area (Å²) in [5.41, 5.74) is 0.737. The second kappa shape index (κ2) is 7.39. The third-order valence-electron chi connectivity index (χ3n) is 3.86. The Hall–Kier alpha value is -1.42. The molecule has 1 aliphatic rings. The van der Waals surface area contributed by atoms with Crippen LogP contribution in [0.15, 0.2) is 24.3 Å². The van der Waals surface area contributed by atoms with Crippen LogP contribution in [0.5, 0.6) is 0 Å². The molecule has 0 spiro atoms. The largest absolute Gasteiger partial charge is 0.356 e. The van der Waals surface area contributed by atoms with Crippen molar-refractivity contribution in [3.8, 4) is 0 Å². The molecule has 0 saturated carbocycles. The van der Waals surface area contributed by atoms with Gasteiger partial charge in [0.2, 0.25) is 5.91 Å². The molecule has 1 N–H and O–H groups in total. The van der Waals surface area contributed by atoms with Gasteiger partial charge in [-0.2, -0.15) is 0 Å². The number of hydrogen-bond acceptors (Lipinski definition) is 2. The van der Waals surface area contributed by atoms with Gasteiger partial charge in [-0.1, -0.05) is 25.1 Å². The fourth-order valence-corrected chi connectivity index (χ4v) is 2.61. The van der Waals surface area contributed by atoms with Crippen LogP contribution in [0.25, 0.3) is 0 Å². The Morgan fingerprint density at radius 2 is 2.05 bits per heavy atom. The number of amides is 1. The molecule has 4 heteroatoms. The Kier molecular flexibility index (Phi) is 5.53.